The van der Waals surface area contributed by atoms with Crippen molar-refractivity contribution in [1.29, 1.82) is 0 Å². The Morgan fingerprint density at radius 3 is 1.50 bits per heavy atom. The zero-order valence-electron chi connectivity index (χ0n) is 12.7. The third-order valence-electron chi connectivity index (χ3n) is 4.19. The SMILES string of the molecule is Clc1cc([C](=[Zr+2])c2cc(Cl)cc3ccccc23)c2ccccc2c1. The molecule has 0 nitrogen and oxygen atoms in total. The zero-order chi connectivity index (χ0) is 16.7. The predicted octanol–water partition coefficient (Wildman–Crippen LogP) is 6.42. The number of halogens is 2. The molecule has 4 rings (SSSR count). The standard InChI is InChI=1S/C21H12Cl2.Zr/c22-18-10-14-5-1-3-7-20(14)16(12-18)9-17-13-19(23)11-15-6-2-4-8-21(15)17;/h1-8,10-13H;/q;+2. The van der Waals surface area contributed by atoms with Gasteiger partial charge in [0.05, 0.1) is 0 Å². The summed E-state index contributed by atoms with van der Waals surface area (Å²) in [4.78, 5) is 0. The summed E-state index contributed by atoms with van der Waals surface area (Å²) in [5.74, 6) is 0. The minimum atomic E-state index is 0.759. The zero-order valence-corrected chi connectivity index (χ0v) is 16.7. The fourth-order valence-electron chi connectivity index (χ4n) is 3.11. The molecule has 0 aromatic heterocycles. The Kier molecular flexibility index (Phi) is 4.43. The van der Waals surface area contributed by atoms with E-state index in [-0.39, 0.29) is 0 Å². The maximum absolute atomic E-state index is 6.38. The van der Waals surface area contributed by atoms with Gasteiger partial charge in [-0.1, -0.05) is 0 Å². The molecule has 0 aliphatic carbocycles. The van der Waals surface area contributed by atoms with Gasteiger partial charge in [0.25, 0.3) is 0 Å². The van der Waals surface area contributed by atoms with Crippen LogP contribution < -0.4 is 0 Å². The summed E-state index contributed by atoms with van der Waals surface area (Å²) in [6.45, 7) is 0. The Balaban J connectivity index is 2.01. The first kappa shape index (κ1) is 16.2. The van der Waals surface area contributed by atoms with Crippen LogP contribution in [0.2, 0.25) is 10.0 Å². The third-order valence-corrected chi connectivity index (χ3v) is 5.95. The first-order chi connectivity index (χ1) is 11.6. The monoisotopic (exact) mass is 424 g/mol. The van der Waals surface area contributed by atoms with Gasteiger partial charge in [-0.25, -0.2) is 0 Å². The van der Waals surface area contributed by atoms with Crippen molar-refractivity contribution in [2.24, 2.45) is 0 Å². The summed E-state index contributed by atoms with van der Waals surface area (Å²) >= 11 is 14.1. The number of rotatable bonds is 2. The van der Waals surface area contributed by atoms with Crippen molar-refractivity contribution in [2.45, 2.75) is 0 Å². The van der Waals surface area contributed by atoms with Gasteiger partial charge in [-0.3, -0.25) is 0 Å². The molecule has 0 N–H and O–H groups in total. The molecule has 0 saturated heterocycles. The topological polar surface area (TPSA) is 0 Å². The van der Waals surface area contributed by atoms with Crippen LogP contribution in [0.15, 0.2) is 72.8 Å². The first-order valence-corrected chi connectivity index (χ1v) is 9.58. The Morgan fingerprint density at radius 1 is 0.625 bits per heavy atom. The second-order valence-electron chi connectivity index (χ2n) is 5.72. The van der Waals surface area contributed by atoms with E-state index in [1.807, 2.05) is 24.3 Å². The van der Waals surface area contributed by atoms with E-state index in [0.717, 1.165) is 20.8 Å². The van der Waals surface area contributed by atoms with E-state index in [4.69, 9.17) is 23.2 Å². The van der Waals surface area contributed by atoms with Crippen LogP contribution in [-0.2, 0) is 24.2 Å². The maximum atomic E-state index is 6.38. The van der Waals surface area contributed by atoms with Crippen LogP contribution in [0, 0.1) is 0 Å². The molecule has 0 spiro atoms. The van der Waals surface area contributed by atoms with Gasteiger partial charge in [0.2, 0.25) is 0 Å². The fraction of sp³-hybridized carbons (Fsp3) is 0. The van der Waals surface area contributed by atoms with Crippen LogP contribution in [-0.4, -0.2) is 3.21 Å². The average Bonchev–Trinajstić information content (AvgIpc) is 2.59. The summed E-state index contributed by atoms with van der Waals surface area (Å²) in [6.07, 6.45) is 0. The van der Waals surface area contributed by atoms with Crippen LogP contribution in [0.25, 0.3) is 21.5 Å². The summed E-state index contributed by atoms with van der Waals surface area (Å²) in [6, 6.07) is 24.9. The molecule has 24 heavy (non-hydrogen) atoms. The normalized spacial score (nSPS) is 11.2. The Bertz CT molecular complexity index is 1010. The van der Waals surface area contributed by atoms with Gasteiger partial charge in [0, 0.05) is 0 Å². The van der Waals surface area contributed by atoms with Gasteiger partial charge < -0.3 is 0 Å². The van der Waals surface area contributed by atoms with Gasteiger partial charge >= 0.3 is 166 Å². The molecule has 0 unspecified atom stereocenters. The van der Waals surface area contributed by atoms with Crippen LogP contribution in [0.4, 0.5) is 0 Å². The summed E-state index contributed by atoms with van der Waals surface area (Å²) in [5.41, 5.74) is 2.37. The molecule has 0 heterocycles. The molecule has 4 aromatic rings. The van der Waals surface area contributed by atoms with E-state index >= 15 is 0 Å². The van der Waals surface area contributed by atoms with Gasteiger partial charge in [0.1, 0.15) is 0 Å². The Hall–Kier alpha value is -1.27. The minimum absolute atomic E-state index is 0.759. The Labute approximate surface area is 165 Å². The van der Waals surface area contributed by atoms with Crippen molar-refractivity contribution in [1.82, 2.24) is 0 Å². The number of hydrogen-bond donors (Lipinski definition) is 0. The van der Waals surface area contributed by atoms with Gasteiger partial charge in [-0.15, -0.1) is 0 Å². The number of benzene rings is 4. The molecular weight excluding hydrogens is 414 g/mol. The summed E-state index contributed by atoms with van der Waals surface area (Å²) in [5, 5.41) is 6.28. The molecule has 0 amide bonds. The molecule has 0 saturated carbocycles. The second kappa shape index (κ2) is 6.56. The van der Waals surface area contributed by atoms with Crippen molar-refractivity contribution in [3.8, 4) is 0 Å². The van der Waals surface area contributed by atoms with Crippen molar-refractivity contribution in [2.75, 3.05) is 0 Å². The quantitative estimate of drug-likeness (QED) is 0.347. The van der Waals surface area contributed by atoms with E-state index in [1.54, 1.807) is 0 Å². The van der Waals surface area contributed by atoms with Gasteiger partial charge in [-0.2, -0.15) is 0 Å². The van der Waals surface area contributed by atoms with Crippen LogP contribution in [0.1, 0.15) is 11.1 Å². The summed E-state index contributed by atoms with van der Waals surface area (Å²) in [7, 11) is 0. The van der Waals surface area contributed by atoms with E-state index in [0.29, 0.717) is 0 Å². The number of hydrogen-bond acceptors (Lipinski definition) is 0. The first-order valence-electron chi connectivity index (χ1n) is 7.59. The summed E-state index contributed by atoms with van der Waals surface area (Å²) < 4.78 is 1.26. The van der Waals surface area contributed by atoms with Crippen molar-refractivity contribution < 1.29 is 24.2 Å². The van der Waals surface area contributed by atoms with E-state index in [1.165, 1.54) is 49.3 Å². The molecule has 0 bridgehead atoms. The van der Waals surface area contributed by atoms with Crippen LogP contribution >= 0.6 is 23.2 Å². The molecular formula is C21H12Cl2Zr+2. The molecule has 4 aromatic carbocycles. The molecule has 0 fully saturated rings. The molecule has 0 aliphatic heterocycles. The number of fused-ring (bicyclic) bond motifs is 2. The van der Waals surface area contributed by atoms with Crippen molar-refractivity contribution in [3.05, 3.63) is 94.0 Å². The predicted molar refractivity (Wildman–Crippen MR) is 101 cm³/mol. The van der Waals surface area contributed by atoms with Crippen molar-refractivity contribution in [3.63, 3.8) is 0 Å². The molecule has 3 heteroatoms. The van der Waals surface area contributed by atoms with Crippen LogP contribution in [0.5, 0.6) is 0 Å². The van der Waals surface area contributed by atoms with Crippen LogP contribution in [0.3, 0.4) is 0 Å². The molecule has 0 aliphatic rings. The van der Waals surface area contributed by atoms with E-state index in [2.05, 4.69) is 48.5 Å². The van der Waals surface area contributed by atoms with Crippen molar-refractivity contribution >= 4 is 48.0 Å². The van der Waals surface area contributed by atoms with Gasteiger partial charge in [-0.05, 0) is 0 Å². The van der Waals surface area contributed by atoms with E-state index in [9.17, 15) is 0 Å². The molecule has 112 valence electrons. The molecule has 0 radical (unpaired) electrons. The second-order valence-corrected chi connectivity index (χ2v) is 7.83. The Morgan fingerprint density at radius 2 is 1.04 bits per heavy atom. The average molecular weight is 426 g/mol. The third kappa shape index (κ3) is 2.90. The van der Waals surface area contributed by atoms with E-state index < -0.39 is 0 Å². The van der Waals surface area contributed by atoms with Gasteiger partial charge in [0.15, 0.2) is 0 Å². The molecule has 0 atom stereocenters. The fourth-order valence-corrected chi connectivity index (χ4v) is 4.58.